The molecule has 0 aliphatic heterocycles. The molecule has 3 N–H and O–H groups in total. The summed E-state index contributed by atoms with van der Waals surface area (Å²) in [6.45, 7) is 1.92. The number of hydrogen-bond donors (Lipinski definition) is 2. The van der Waals surface area contributed by atoms with Gasteiger partial charge in [-0.2, -0.15) is 0 Å². The second-order valence-corrected chi connectivity index (χ2v) is 6.58. The van der Waals surface area contributed by atoms with Crippen molar-refractivity contribution in [1.82, 2.24) is 5.32 Å². The molecule has 1 amide bonds. The summed E-state index contributed by atoms with van der Waals surface area (Å²) in [5, 5.41) is 2.85. The van der Waals surface area contributed by atoms with Crippen molar-refractivity contribution in [3.05, 3.63) is 35.9 Å². The van der Waals surface area contributed by atoms with E-state index in [1.54, 1.807) is 0 Å². The molecule has 1 fully saturated rings. The molecule has 24 heavy (non-hydrogen) atoms. The van der Waals surface area contributed by atoms with Crippen LogP contribution in [0.5, 0.6) is 0 Å². The van der Waals surface area contributed by atoms with Gasteiger partial charge in [0.25, 0.3) is 0 Å². The van der Waals surface area contributed by atoms with Crippen LogP contribution in [0.4, 0.5) is 0 Å². The zero-order valence-electron chi connectivity index (χ0n) is 14.3. The summed E-state index contributed by atoms with van der Waals surface area (Å²) in [5.41, 5.74) is 6.74. The molecule has 0 bridgehead atoms. The molecule has 1 aliphatic rings. The van der Waals surface area contributed by atoms with Crippen molar-refractivity contribution in [1.29, 1.82) is 0 Å². The number of hydrogen-bond acceptors (Lipinski definition) is 4. The number of benzene rings is 1. The van der Waals surface area contributed by atoms with Crippen LogP contribution in [0.25, 0.3) is 0 Å². The number of ether oxygens (including phenoxy) is 1. The molecule has 1 aromatic rings. The summed E-state index contributed by atoms with van der Waals surface area (Å²) in [4.78, 5) is 24.7. The molecule has 5 nitrogen and oxygen atoms in total. The Balaban J connectivity index is 0.00000288. The van der Waals surface area contributed by atoms with Gasteiger partial charge in [0.1, 0.15) is 6.04 Å². The highest BCUT2D eigenvalue weighted by atomic mass is 35.5. The van der Waals surface area contributed by atoms with E-state index in [-0.39, 0.29) is 24.2 Å². The first-order chi connectivity index (χ1) is 10.9. The fourth-order valence-electron chi connectivity index (χ4n) is 3.25. The molecule has 0 spiro atoms. The summed E-state index contributed by atoms with van der Waals surface area (Å²) in [5.74, 6) is -0.850. The van der Waals surface area contributed by atoms with Gasteiger partial charge in [0, 0.05) is 12.0 Å². The van der Waals surface area contributed by atoms with Gasteiger partial charge >= 0.3 is 5.97 Å². The molecular formula is C18H27ClN2O3. The van der Waals surface area contributed by atoms with E-state index in [1.807, 2.05) is 37.3 Å². The molecule has 3 atom stereocenters. The number of esters is 1. The van der Waals surface area contributed by atoms with E-state index in [0.29, 0.717) is 6.42 Å². The molecule has 1 aromatic carbocycles. The topological polar surface area (TPSA) is 81.4 Å². The van der Waals surface area contributed by atoms with Crippen LogP contribution in [-0.4, -0.2) is 30.6 Å². The lowest BCUT2D eigenvalue weighted by Gasteiger charge is -2.37. The average molecular weight is 355 g/mol. The van der Waals surface area contributed by atoms with E-state index in [4.69, 9.17) is 10.5 Å². The summed E-state index contributed by atoms with van der Waals surface area (Å²) < 4.78 is 4.84. The van der Waals surface area contributed by atoms with Gasteiger partial charge in [-0.15, -0.1) is 12.4 Å². The molecule has 0 heterocycles. The fraction of sp³-hybridized carbons (Fsp3) is 0.556. The summed E-state index contributed by atoms with van der Waals surface area (Å²) in [6, 6.07) is 8.89. The lowest BCUT2D eigenvalue weighted by molar-refractivity contribution is -0.146. The molecule has 134 valence electrons. The van der Waals surface area contributed by atoms with Crippen LogP contribution in [0.1, 0.15) is 38.2 Å². The van der Waals surface area contributed by atoms with Crippen LogP contribution in [0.3, 0.4) is 0 Å². The summed E-state index contributed by atoms with van der Waals surface area (Å²) in [6.07, 6.45) is 4.03. The van der Waals surface area contributed by atoms with Crippen molar-refractivity contribution in [2.45, 2.75) is 50.6 Å². The Kier molecular flexibility index (Phi) is 7.70. The Morgan fingerprint density at radius 2 is 2.00 bits per heavy atom. The molecule has 6 heteroatoms. The highest BCUT2D eigenvalue weighted by Crippen LogP contribution is 2.31. The zero-order chi connectivity index (χ0) is 16.9. The second kappa shape index (κ2) is 9.04. The van der Waals surface area contributed by atoms with Gasteiger partial charge in [0.05, 0.1) is 13.0 Å². The second-order valence-electron chi connectivity index (χ2n) is 6.58. The number of rotatable bonds is 5. The van der Waals surface area contributed by atoms with Crippen LogP contribution in [0.2, 0.25) is 0 Å². The first-order valence-electron chi connectivity index (χ1n) is 8.15. The number of methoxy groups -OCH3 is 1. The van der Waals surface area contributed by atoms with Gasteiger partial charge in [-0.3, -0.25) is 4.79 Å². The lowest BCUT2D eigenvalue weighted by Crippen LogP contribution is -2.55. The number of carbonyl (C=O) groups excluding carboxylic acids is 2. The van der Waals surface area contributed by atoms with Crippen LogP contribution in [0.15, 0.2) is 30.3 Å². The molecule has 1 aliphatic carbocycles. The number of carbonyl (C=O) groups is 2. The highest BCUT2D eigenvalue weighted by molar-refractivity contribution is 5.86. The smallest absolute Gasteiger partial charge is 0.328 e. The Morgan fingerprint density at radius 1 is 1.33 bits per heavy atom. The van der Waals surface area contributed by atoms with Crippen molar-refractivity contribution in [3.63, 3.8) is 0 Å². The average Bonchev–Trinajstić information content (AvgIpc) is 2.54. The maximum Gasteiger partial charge on any atom is 0.328 e. The maximum absolute atomic E-state index is 12.6. The van der Waals surface area contributed by atoms with E-state index in [2.05, 4.69) is 5.32 Å². The summed E-state index contributed by atoms with van der Waals surface area (Å²) in [7, 11) is 1.33. The Morgan fingerprint density at radius 3 is 2.58 bits per heavy atom. The van der Waals surface area contributed by atoms with Crippen molar-refractivity contribution >= 4 is 24.3 Å². The van der Waals surface area contributed by atoms with Gasteiger partial charge in [-0.25, -0.2) is 4.79 Å². The molecule has 3 unspecified atom stereocenters. The molecule has 0 saturated heterocycles. The van der Waals surface area contributed by atoms with Crippen LogP contribution in [-0.2, 0) is 20.7 Å². The molecule has 0 aromatic heterocycles. The third kappa shape index (κ3) is 5.21. The largest absolute Gasteiger partial charge is 0.467 e. The third-order valence-corrected chi connectivity index (χ3v) is 4.66. The zero-order valence-corrected chi connectivity index (χ0v) is 15.1. The molecule has 0 radical (unpaired) electrons. The van der Waals surface area contributed by atoms with E-state index in [1.165, 1.54) is 7.11 Å². The van der Waals surface area contributed by atoms with E-state index < -0.39 is 17.6 Å². The Hall–Kier alpha value is -1.59. The van der Waals surface area contributed by atoms with Gasteiger partial charge in [0.2, 0.25) is 5.91 Å². The standard InChI is InChI=1S/C18H26N2O3.ClH/c1-18(19)11-7-6-10-14(18)16(21)20-15(17(22)23-2)12-13-8-4-3-5-9-13;/h3-5,8-9,14-15H,6-7,10-12,19H2,1-2H3,(H,20,21);1H. The van der Waals surface area contributed by atoms with Crippen LogP contribution >= 0.6 is 12.4 Å². The van der Waals surface area contributed by atoms with E-state index >= 15 is 0 Å². The van der Waals surface area contributed by atoms with Crippen LogP contribution < -0.4 is 11.1 Å². The third-order valence-electron chi connectivity index (χ3n) is 4.66. The quantitative estimate of drug-likeness (QED) is 0.794. The predicted octanol–water partition coefficient (Wildman–Crippen LogP) is 2.22. The monoisotopic (exact) mass is 354 g/mol. The lowest BCUT2D eigenvalue weighted by atomic mass is 9.74. The SMILES string of the molecule is COC(=O)C(Cc1ccccc1)NC(=O)C1CCCCC1(C)N.Cl. The van der Waals surface area contributed by atoms with E-state index in [9.17, 15) is 9.59 Å². The molecular weight excluding hydrogens is 328 g/mol. The predicted molar refractivity (Wildman–Crippen MR) is 95.9 cm³/mol. The van der Waals surface area contributed by atoms with Crippen molar-refractivity contribution in [2.24, 2.45) is 11.7 Å². The van der Waals surface area contributed by atoms with Crippen LogP contribution in [0, 0.1) is 5.92 Å². The maximum atomic E-state index is 12.6. The number of amides is 1. The molecule has 2 rings (SSSR count). The van der Waals surface area contributed by atoms with Gasteiger partial charge in [-0.05, 0) is 25.3 Å². The Labute approximate surface area is 149 Å². The first-order valence-corrected chi connectivity index (χ1v) is 8.15. The first kappa shape index (κ1) is 20.5. The van der Waals surface area contributed by atoms with Gasteiger partial charge < -0.3 is 15.8 Å². The van der Waals surface area contributed by atoms with Crippen molar-refractivity contribution < 1.29 is 14.3 Å². The van der Waals surface area contributed by atoms with E-state index in [0.717, 1.165) is 31.2 Å². The number of nitrogens with two attached hydrogens (primary N) is 1. The van der Waals surface area contributed by atoms with Crippen molar-refractivity contribution in [2.75, 3.05) is 7.11 Å². The van der Waals surface area contributed by atoms with Gasteiger partial charge in [-0.1, -0.05) is 43.2 Å². The highest BCUT2D eigenvalue weighted by Gasteiger charge is 2.39. The summed E-state index contributed by atoms with van der Waals surface area (Å²) >= 11 is 0. The minimum atomic E-state index is -0.687. The minimum absolute atomic E-state index is 0. The fourth-order valence-corrected chi connectivity index (χ4v) is 3.25. The number of halogens is 1. The minimum Gasteiger partial charge on any atom is -0.467 e. The normalized spacial score (nSPS) is 24.4. The van der Waals surface area contributed by atoms with Crippen molar-refractivity contribution in [3.8, 4) is 0 Å². The van der Waals surface area contributed by atoms with Gasteiger partial charge in [0.15, 0.2) is 0 Å². The molecule has 1 saturated carbocycles. The Bertz CT molecular complexity index is 548. The number of nitrogens with one attached hydrogen (secondary N) is 1.